The number of rotatable bonds is 3. The molecular formula is C16H20O2. The highest BCUT2D eigenvalue weighted by Gasteiger charge is 2.49. The highest BCUT2D eigenvalue weighted by molar-refractivity contribution is 5.74. The fourth-order valence-corrected chi connectivity index (χ4v) is 3.81. The molecule has 0 saturated heterocycles. The molecule has 0 unspecified atom stereocenters. The predicted octanol–water partition coefficient (Wildman–Crippen LogP) is 3.49. The lowest BCUT2D eigenvalue weighted by molar-refractivity contribution is -0.0955. The molecule has 0 amide bonds. The molecule has 18 heavy (non-hydrogen) atoms. The van der Waals surface area contributed by atoms with Crippen LogP contribution in [0.5, 0.6) is 0 Å². The van der Waals surface area contributed by atoms with Gasteiger partial charge < -0.3 is 4.74 Å². The van der Waals surface area contributed by atoms with Crippen molar-refractivity contribution < 1.29 is 9.53 Å². The minimum atomic E-state index is 0.171. The molecule has 0 N–H and O–H groups in total. The molecule has 1 aromatic carbocycles. The molecule has 4 rings (SSSR count). The maximum absolute atomic E-state index is 10.7. The summed E-state index contributed by atoms with van der Waals surface area (Å²) in [6.45, 7) is 0. The van der Waals surface area contributed by atoms with Gasteiger partial charge in [-0.3, -0.25) is 4.79 Å². The van der Waals surface area contributed by atoms with E-state index in [0.717, 1.165) is 11.8 Å². The van der Waals surface area contributed by atoms with Crippen molar-refractivity contribution in [3.05, 3.63) is 35.4 Å². The van der Waals surface area contributed by atoms with E-state index in [1.807, 2.05) is 19.2 Å². The number of hydrogen-bond acceptors (Lipinski definition) is 2. The van der Waals surface area contributed by atoms with E-state index in [4.69, 9.17) is 4.74 Å². The Kier molecular flexibility index (Phi) is 2.78. The fourth-order valence-electron chi connectivity index (χ4n) is 3.81. The number of methoxy groups -OCH3 is 1. The van der Waals surface area contributed by atoms with Gasteiger partial charge in [-0.05, 0) is 49.5 Å². The van der Waals surface area contributed by atoms with Crippen molar-refractivity contribution in [3.8, 4) is 0 Å². The van der Waals surface area contributed by atoms with Gasteiger partial charge in [-0.15, -0.1) is 0 Å². The van der Waals surface area contributed by atoms with Gasteiger partial charge >= 0.3 is 0 Å². The lowest BCUT2D eigenvalue weighted by Crippen LogP contribution is -2.49. The van der Waals surface area contributed by atoms with E-state index in [9.17, 15) is 4.79 Å². The standard InChI is InChI=1S/C16H20O2/c1-18-16-9-6-15(7-10-16,8-11-16)14-4-2-13(12-17)3-5-14/h2-5,12H,6-11H2,1H3. The molecule has 2 heteroatoms. The third-order valence-electron chi connectivity index (χ3n) is 5.27. The minimum absolute atomic E-state index is 0.171. The topological polar surface area (TPSA) is 26.3 Å². The zero-order valence-electron chi connectivity index (χ0n) is 10.9. The van der Waals surface area contributed by atoms with Crippen molar-refractivity contribution in [3.63, 3.8) is 0 Å². The van der Waals surface area contributed by atoms with E-state index in [2.05, 4.69) is 12.1 Å². The van der Waals surface area contributed by atoms with Crippen LogP contribution in [0, 0.1) is 0 Å². The van der Waals surface area contributed by atoms with E-state index in [1.54, 1.807) is 0 Å². The molecule has 2 bridgehead atoms. The van der Waals surface area contributed by atoms with Gasteiger partial charge in [-0.1, -0.05) is 24.3 Å². The summed E-state index contributed by atoms with van der Waals surface area (Å²) in [6, 6.07) is 8.19. The fraction of sp³-hybridized carbons (Fsp3) is 0.562. The van der Waals surface area contributed by atoms with Crippen molar-refractivity contribution in [1.29, 1.82) is 0 Å². The number of carbonyl (C=O) groups excluding carboxylic acids is 1. The molecule has 3 aliphatic rings. The molecule has 0 radical (unpaired) electrons. The number of aldehydes is 1. The van der Waals surface area contributed by atoms with Gasteiger partial charge in [0.1, 0.15) is 6.29 Å². The van der Waals surface area contributed by atoms with Gasteiger partial charge in [0, 0.05) is 12.7 Å². The molecule has 1 aromatic rings. The second kappa shape index (κ2) is 4.20. The SMILES string of the molecule is COC12CCC(c3ccc(C=O)cc3)(CC1)CC2. The molecular weight excluding hydrogens is 224 g/mol. The van der Waals surface area contributed by atoms with Crippen LogP contribution >= 0.6 is 0 Å². The van der Waals surface area contributed by atoms with Crippen LogP contribution in [0.15, 0.2) is 24.3 Å². The molecule has 0 spiro atoms. The molecule has 3 saturated carbocycles. The Morgan fingerprint density at radius 1 is 1.00 bits per heavy atom. The zero-order valence-corrected chi connectivity index (χ0v) is 10.9. The van der Waals surface area contributed by atoms with Gasteiger partial charge in [0.05, 0.1) is 5.60 Å². The Hall–Kier alpha value is -1.15. The van der Waals surface area contributed by atoms with Crippen LogP contribution in [0.4, 0.5) is 0 Å². The summed E-state index contributed by atoms with van der Waals surface area (Å²) in [6.07, 6.45) is 8.12. The minimum Gasteiger partial charge on any atom is -0.378 e. The number of benzene rings is 1. The molecule has 96 valence electrons. The van der Waals surface area contributed by atoms with Gasteiger partial charge in [0.15, 0.2) is 0 Å². The number of carbonyl (C=O) groups is 1. The molecule has 0 heterocycles. The van der Waals surface area contributed by atoms with Gasteiger partial charge in [0.2, 0.25) is 0 Å². The van der Waals surface area contributed by atoms with Crippen molar-refractivity contribution in [2.24, 2.45) is 0 Å². The summed E-state index contributed by atoms with van der Waals surface area (Å²) in [5.74, 6) is 0. The first-order valence-electron chi connectivity index (χ1n) is 6.83. The van der Waals surface area contributed by atoms with Crippen LogP contribution < -0.4 is 0 Å². The molecule has 0 atom stereocenters. The lowest BCUT2D eigenvalue weighted by atomic mass is 9.56. The van der Waals surface area contributed by atoms with Crippen LogP contribution in [0.3, 0.4) is 0 Å². The lowest BCUT2D eigenvalue weighted by Gasteiger charge is -2.53. The van der Waals surface area contributed by atoms with Gasteiger partial charge in [-0.2, -0.15) is 0 Å². The van der Waals surface area contributed by atoms with Crippen molar-refractivity contribution in [2.75, 3.05) is 7.11 Å². The van der Waals surface area contributed by atoms with Crippen LogP contribution in [0.1, 0.15) is 54.4 Å². The average Bonchev–Trinajstić information content (AvgIpc) is 2.49. The summed E-state index contributed by atoms with van der Waals surface area (Å²) in [5.41, 5.74) is 2.71. The van der Waals surface area contributed by atoms with E-state index >= 15 is 0 Å². The molecule has 0 aliphatic heterocycles. The second-order valence-electron chi connectivity index (χ2n) is 5.91. The monoisotopic (exact) mass is 244 g/mol. The van der Waals surface area contributed by atoms with E-state index in [-0.39, 0.29) is 5.60 Å². The highest BCUT2D eigenvalue weighted by atomic mass is 16.5. The number of fused-ring (bicyclic) bond motifs is 3. The maximum Gasteiger partial charge on any atom is 0.150 e. The van der Waals surface area contributed by atoms with Crippen LogP contribution in [-0.2, 0) is 10.2 Å². The van der Waals surface area contributed by atoms with Crippen molar-refractivity contribution >= 4 is 6.29 Å². The number of hydrogen-bond donors (Lipinski definition) is 0. The second-order valence-corrected chi connectivity index (χ2v) is 5.91. The Balaban J connectivity index is 1.86. The van der Waals surface area contributed by atoms with Crippen molar-refractivity contribution in [1.82, 2.24) is 0 Å². The quantitative estimate of drug-likeness (QED) is 0.761. The van der Waals surface area contributed by atoms with E-state index in [0.29, 0.717) is 5.41 Å². The first-order valence-corrected chi connectivity index (χ1v) is 6.83. The largest absolute Gasteiger partial charge is 0.378 e. The predicted molar refractivity (Wildman–Crippen MR) is 70.9 cm³/mol. The van der Waals surface area contributed by atoms with Crippen LogP contribution in [-0.4, -0.2) is 19.0 Å². The Morgan fingerprint density at radius 3 is 2.00 bits per heavy atom. The Morgan fingerprint density at radius 2 is 1.56 bits per heavy atom. The average molecular weight is 244 g/mol. The van der Waals surface area contributed by atoms with E-state index in [1.165, 1.54) is 44.1 Å². The molecule has 3 aliphatic carbocycles. The molecule has 2 nitrogen and oxygen atoms in total. The first-order chi connectivity index (χ1) is 8.72. The summed E-state index contributed by atoms with van der Waals surface area (Å²) < 4.78 is 5.74. The third kappa shape index (κ3) is 1.71. The van der Waals surface area contributed by atoms with E-state index < -0.39 is 0 Å². The highest BCUT2D eigenvalue weighted by Crippen LogP contribution is 2.54. The van der Waals surface area contributed by atoms with Gasteiger partial charge in [-0.25, -0.2) is 0 Å². The van der Waals surface area contributed by atoms with Crippen LogP contribution in [0.2, 0.25) is 0 Å². The summed E-state index contributed by atoms with van der Waals surface area (Å²) >= 11 is 0. The van der Waals surface area contributed by atoms with Crippen molar-refractivity contribution in [2.45, 2.75) is 49.5 Å². The third-order valence-corrected chi connectivity index (χ3v) is 5.27. The molecule has 3 fully saturated rings. The molecule has 0 aromatic heterocycles. The Labute approximate surface area is 108 Å². The summed E-state index contributed by atoms with van der Waals surface area (Å²) in [4.78, 5) is 10.7. The van der Waals surface area contributed by atoms with Gasteiger partial charge in [0.25, 0.3) is 0 Å². The Bertz CT molecular complexity index is 422. The first kappa shape index (κ1) is 11.9. The summed E-state index contributed by atoms with van der Waals surface area (Å²) in [5, 5.41) is 0. The maximum atomic E-state index is 10.7. The summed E-state index contributed by atoms with van der Waals surface area (Å²) in [7, 11) is 1.86. The normalized spacial score (nSPS) is 34.5. The van der Waals surface area contributed by atoms with Crippen LogP contribution in [0.25, 0.3) is 0 Å². The smallest absolute Gasteiger partial charge is 0.150 e. The number of ether oxygens (including phenoxy) is 1. The zero-order chi connectivity index (χ0) is 12.6.